The first kappa shape index (κ1) is 23.7. The Morgan fingerprint density at radius 2 is 1.30 bits per heavy atom. The van der Waals surface area contributed by atoms with Gasteiger partial charge in [-0.1, -0.05) is 103 Å². The molecular formula is C25H42O2. The third-order valence-electron chi connectivity index (χ3n) is 5.61. The molecule has 0 amide bonds. The van der Waals surface area contributed by atoms with Gasteiger partial charge in [0.2, 0.25) is 0 Å². The van der Waals surface area contributed by atoms with Crippen LogP contribution in [-0.4, -0.2) is 12.6 Å². The SMILES string of the molecule is CCCCCCCCC(C)(CCCCCC)COC(=O)c1ccc(C)cc1. The lowest BCUT2D eigenvalue weighted by Gasteiger charge is -2.29. The fourth-order valence-corrected chi connectivity index (χ4v) is 3.59. The number of carbonyl (C=O) groups is 1. The number of unbranched alkanes of at least 4 members (excludes halogenated alkanes) is 8. The van der Waals surface area contributed by atoms with Crippen LogP contribution in [0.15, 0.2) is 24.3 Å². The topological polar surface area (TPSA) is 26.3 Å². The summed E-state index contributed by atoms with van der Waals surface area (Å²) in [4.78, 5) is 12.4. The van der Waals surface area contributed by atoms with Crippen LogP contribution < -0.4 is 0 Å². The van der Waals surface area contributed by atoms with Crippen LogP contribution in [0.25, 0.3) is 0 Å². The van der Waals surface area contributed by atoms with Crippen LogP contribution in [0.4, 0.5) is 0 Å². The largest absolute Gasteiger partial charge is 0.462 e. The minimum absolute atomic E-state index is 0.110. The van der Waals surface area contributed by atoms with Crippen molar-refractivity contribution in [1.29, 1.82) is 0 Å². The van der Waals surface area contributed by atoms with Crippen molar-refractivity contribution in [3.8, 4) is 0 Å². The highest BCUT2D eigenvalue weighted by atomic mass is 16.5. The second-order valence-corrected chi connectivity index (χ2v) is 8.58. The highest BCUT2D eigenvalue weighted by Crippen LogP contribution is 2.32. The van der Waals surface area contributed by atoms with Crippen molar-refractivity contribution in [3.05, 3.63) is 35.4 Å². The second kappa shape index (κ2) is 13.8. The molecule has 0 radical (unpaired) electrons. The maximum atomic E-state index is 12.4. The summed E-state index contributed by atoms with van der Waals surface area (Å²) in [5.74, 6) is -0.183. The Kier molecular flexibility index (Phi) is 12.1. The summed E-state index contributed by atoms with van der Waals surface area (Å²) >= 11 is 0. The molecular weight excluding hydrogens is 332 g/mol. The van der Waals surface area contributed by atoms with Crippen LogP contribution in [0.1, 0.15) is 114 Å². The number of esters is 1. The van der Waals surface area contributed by atoms with Crippen LogP contribution in [-0.2, 0) is 4.74 Å². The maximum absolute atomic E-state index is 12.4. The quantitative estimate of drug-likeness (QED) is 0.230. The van der Waals surface area contributed by atoms with Gasteiger partial charge in [0.1, 0.15) is 0 Å². The van der Waals surface area contributed by atoms with Gasteiger partial charge in [-0.2, -0.15) is 0 Å². The van der Waals surface area contributed by atoms with Gasteiger partial charge in [0.05, 0.1) is 12.2 Å². The molecule has 0 heterocycles. The third kappa shape index (κ3) is 10.6. The molecule has 0 N–H and O–H groups in total. The molecule has 1 aromatic carbocycles. The molecule has 2 heteroatoms. The Bertz CT molecular complexity index is 506. The Hall–Kier alpha value is -1.31. The number of rotatable bonds is 15. The normalized spacial score (nSPS) is 13.3. The van der Waals surface area contributed by atoms with E-state index in [1.54, 1.807) is 0 Å². The first-order valence-corrected chi connectivity index (χ1v) is 11.2. The molecule has 0 bridgehead atoms. The predicted molar refractivity (Wildman–Crippen MR) is 116 cm³/mol. The molecule has 1 rings (SSSR count). The molecule has 0 spiro atoms. The van der Waals surface area contributed by atoms with Gasteiger partial charge in [-0.05, 0) is 31.9 Å². The average molecular weight is 375 g/mol. The van der Waals surface area contributed by atoms with Gasteiger partial charge in [0, 0.05) is 5.41 Å². The lowest BCUT2D eigenvalue weighted by molar-refractivity contribution is 0.0264. The summed E-state index contributed by atoms with van der Waals surface area (Å²) in [7, 11) is 0. The summed E-state index contributed by atoms with van der Waals surface area (Å²) in [6, 6.07) is 7.67. The van der Waals surface area contributed by atoms with Gasteiger partial charge in [-0.25, -0.2) is 4.79 Å². The first-order chi connectivity index (χ1) is 13.0. The summed E-state index contributed by atoms with van der Waals surface area (Å²) in [6.07, 6.45) is 15.3. The van der Waals surface area contributed by atoms with Gasteiger partial charge in [0.25, 0.3) is 0 Å². The lowest BCUT2D eigenvalue weighted by Crippen LogP contribution is -2.25. The van der Waals surface area contributed by atoms with E-state index >= 15 is 0 Å². The van der Waals surface area contributed by atoms with E-state index in [1.165, 1.54) is 64.2 Å². The van der Waals surface area contributed by atoms with E-state index < -0.39 is 0 Å². The molecule has 0 aromatic heterocycles. The zero-order valence-electron chi connectivity index (χ0n) is 18.3. The van der Waals surface area contributed by atoms with Crippen molar-refractivity contribution < 1.29 is 9.53 Å². The van der Waals surface area contributed by atoms with Gasteiger partial charge in [-0.3, -0.25) is 0 Å². The number of carbonyl (C=O) groups excluding carboxylic acids is 1. The van der Waals surface area contributed by atoms with Crippen molar-refractivity contribution >= 4 is 5.97 Å². The van der Waals surface area contributed by atoms with Crippen molar-refractivity contribution in [2.24, 2.45) is 5.41 Å². The highest BCUT2D eigenvalue weighted by molar-refractivity contribution is 5.89. The molecule has 0 saturated carbocycles. The number of hydrogen-bond acceptors (Lipinski definition) is 2. The van der Waals surface area contributed by atoms with E-state index in [-0.39, 0.29) is 11.4 Å². The van der Waals surface area contributed by atoms with Crippen LogP contribution in [0.3, 0.4) is 0 Å². The number of benzene rings is 1. The second-order valence-electron chi connectivity index (χ2n) is 8.58. The van der Waals surface area contributed by atoms with Crippen LogP contribution >= 0.6 is 0 Å². The van der Waals surface area contributed by atoms with E-state index in [2.05, 4.69) is 20.8 Å². The monoisotopic (exact) mass is 374 g/mol. The molecule has 154 valence electrons. The molecule has 0 saturated heterocycles. The van der Waals surface area contributed by atoms with E-state index in [4.69, 9.17) is 4.74 Å². The lowest BCUT2D eigenvalue weighted by atomic mass is 9.80. The summed E-state index contributed by atoms with van der Waals surface area (Å²) in [6.45, 7) is 9.39. The molecule has 0 aliphatic rings. The number of aryl methyl sites for hydroxylation is 1. The molecule has 1 aromatic rings. The zero-order valence-corrected chi connectivity index (χ0v) is 18.3. The number of hydrogen-bond donors (Lipinski definition) is 0. The molecule has 0 fully saturated rings. The third-order valence-corrected chi connectivity index (χ3v) is 5.61. The minimum atomic E-state index is -0.183. The molecule has 1 atom stereocenters. The fraction of sp³-hybridized carbons (Fsp3) is 0.720. The average Bonchev–Trinajstić information content (AvgIpc) is 2.67. The molecule has 1 unspecified atom stereocenters. The van der Waals surface area contributed by atoms with Crippen LogP contribution in [0.2, 0.25) is 0 Å². The van der Waals surface area contributed by atoms with E-state index in [9.17, 15) is 4.79 Å². The van der Waals surface area contributed by atoms with Crippen molar-refractivity contribution in [2.45, 2.75) is 105 Å². The molecule has 27 heavy (non-hydrogen) atoms. The fourth-order valence-electron chi connectivity index (χ4n) is 3.59. The zero-order chi connectivity index (χ0) is 20.0. The Balaban J connectivity index is 2.50. The van der Waals surface area contributed by atoms with E-state index in [1.807, 2.05) is 31.2 Å². The van der Waals surface area contributed by atoms with Gasteiger partial charge < -0.3 is 4.74 Å². The van der Waals surface area contributed by atoms with Gasteiger partial charge in [0.15, 0.2) is 0 Å². The smallest absolute Gasteiger partial charge is 0.338 e. The minimum Gasteiger partial charge on any atom is -0.462 e. The number of ether oxygens (including phenoxy) is 1. The Morgan fingerprint density at radius 3 is 1.85 bits per heavy atom. The van der Waals surface area contributed by atoms with Gasteiger partial charge >= 0.3 is 5.97 Å². The standard InChI is InChI=1S/C25H42O2/c1-5-7-9-11-12-14-20-25(4,19-13-10-8-6-2)21-27-24(26)23-17-15-22(3)16-18-23/h15-18H,5-14,19-21H2,1-4H3. The molecule has 2 nitrogen and oxygen atoms in total. The maximum Gasteiger partial charge on any atom is 0.338 e. The van der Waals surface area contributed by atoms with Crippen molar-refractivity contribution in [1.82, 2.24) is 0 Å². The van der Waals surface area contributed by atoms with Crippen molar-refractivity contribution in [3.63, 3.8) is 0 Å². The first-order valence-electron chi connectivity index (χ1n) is 11.2. The van der Waals surface area contributed by atoms with Crippen LogP contribution in [0.5, 0.6) is 0 Å². The predicted octanol–water partition coefficient (Wildman–Crippen LogP) is 7.88. The summed E-state index contributed by atoms with van der Waals surface area (Å²) < 4.78 is 5.75. The van der Waals surface area contributed by atoms with E-state index in [0.29, 0.717) is 12.2 Å². The Labute approximate surface area is 168 Å². The highest BCUT2D eigenvalue weighted by Gasteiger charge is 2.25. The van der Waals surface area contributed by atoms with E-state index in [0.717, 1.165) is 18.4 Å². The summed E-state index contributed by atoms with van der Waals surface area (Å²) in [5.41, 5.74) is 1.93. The Morgan fingerprint density at radius 1 is 0.815 bits per heavy atom. The van der Waals surface area contributed by atoms with Gasteiger partial charge in [-0.15, -0.1) is 0 Å². The summed E-state index contributed by atoms with van der Waals surface area (Å²) in [5, 5.41) is 0. The molecule has 0 aliphatic carbocycles. The van der Waals surface area contributed by atoms with Crippen molar-refractivity contribution in [2.75, 3.05) is 6.61 Å². The molecule has 0 aliphatic heterocycles. The van der Waals surface area contributed by atoms with Crippen LogP contribution in [0, 0.1) is 12.3 Å².